The van der Waals surface area contributed by atoms with E-state index in [2.05, 4.69) is 10.1 Å². The van der Waals surface area contributed by atoms with Gasteiger partial charge < -0.3 is 14.8 Å². The van der Waals surface area contributed by atoms with Gasteiger partial charge in [-0.15, -0.1) is 24.5 Å². The van der Waals surface area contributed by atoms with Crippen molar-refractivity contribution in [2.75, 3.05) is 13.2 Å². The first-order chi connectivity index (χ1) is 14.7. The summed E-state index contributed by atoms with van der Waals surface area (Å²) in [6.07, 6.45) is -1.10. The van der Waals surface area contributed by atoms with Gasteiger partial charge in [-0.25, -0.2) is 0 Å². The maximum atomic E-state index is 12.3. The van der Waals surface area contributed by atoms with Crippen molar-refractivity contribution in [3.8, 4) is 16.9 Å². The maximum Gasteiger partial charge on any atom is 0.573 e. The molecule has 4 nitrogen and oxygen atoms in total. The third kappa shape index (κ3) is 6.93. The SMILES string of the molecule is CCOC(=O)[C@H]1CC[C@H](CNC(=S)c2cc(-c3ccc(OC(F)(F)F)cc3)cs2)CC1. The number of hydrogen-bond acceptors (Lipinski definition) is 5. The van der Waals surface area contributed by atoms with Crippen molar-refractivity contribution in [3.05, 3.63) is 40.6 Å². The lowest BCUT2D eigenvalue weighted by Crippen LogP contribution is -2.32. The third-order valence-electron chi connectivity index (χ3n) is 5.26. The van der Waals surface area contributed by atoms with Gasteiger partial charge in [0, 0.05) is 6.54 Å². The van der Waals surface area contributed by atoms with Crippen molar-refractivity contribution in [2.24, 2.45) is 11.8 Å². The molecule has 31 heavy (non-hydrogen) atoms. The Kier molecular flexibility index (Phi) is 7.94. The molecule has 0 spiro atoms. The number of nitrogens with one attached hydrogen (secondary N) is 1. The van der Waals surface area contributed by atoms with Crippen LogP contribution in [-0.4, -0.2) is 30.5 Å². The Morgan fingerprint density at radius 2 is 1.84 bits per heavy atom. The fourth-order valence-electron chi connectivity index (χ4n) is 3.64. The number of benzene rings is 1. The van der Waals surface area contributed by atoms with Crippen LogP contribution >= 0.6 is 23.6 Å². The van der Waals surface area contributed by atoms with Crippen LogP contribution < -0.4 is 10.1 Å². The van der Waals surface area contributed by atoms with E-state index in [0.717, 1.165) is 48.2 Å². The lowest BCUT2D eigenvalue weighted by atomic mass is 9.82. The molecule has 1 aliphatic carbocycles. The molecule has 3 rings (SSSR count). The minimum Gasteiger partial charge on any atom is -0.466 e. The summed E-state index contributed by atoms with van der Waals surface area (Å²) in [5.74, 6) is 0.135. The first kappa shape index (κ1) is 23.5. The molecule has 0 amide bonds. The summed E-state index contributed by atoms with van der Waals surface area (Å²) in [6, 6.07) is 7.70. The number of halogens is 3. The van der Waals surface area contributed by atoms with Crippen LogP contribution in [0.2, 0.25) is 0 Å². The molecule has 2 aromatic rings. The highest BCUT2D eigenvalue weighted by atomic mass is 32.1. The Bertz CT molecular complexity index is 888. The van der Waals surface area contributed by atoms with Crippen molar-refractivity contribution in [2.45, 2.75) is 39.0 Å². The smallest absolute Gasteiger partial charge is 0.466 e. The van der Waals surface area contributed by atoms with Crippen molar-refractivity contribution < 1.29 is 27.4 Å². The van der Waals surface area contributed by atoms with E-state index < -0.39 is 6.36 Å². The van der Waals surface area contributed by atoms with E-state index in [1.807, 2.05) is 18.4 Å². The van der Waals surface area contributed by atoms with Crippen LogP contribution in [0.4, 0.5) is 13.2 Å². The van der Waals surface area contributed by atoms with Gasteiger partial charge in [-0.1, -0.05) is 24.4 Å². The van der Waals surface area contributed by atoms with Gasteiger partial charge in [0.05, 0.1) is 17.4 Å². The van der Waals surface area contributed by atoms with Crippen LogP contribution in [0.3, 0.4) is 0 Å². The van der Waals surface area contributed by atoms with Gasteiger partial charge >= 0.3 is 12.3 Å². The Hall–Kier alpha value is -2.13. The highest BCUT2D eigenvalue weighted by Gasteiger charge is 2.31. The number of thiophene rings is 1. The van der Waals surface area contributed by atoms with E-state index in [1.54, 1.807) is 12.1 Å². The standard InChI is InChI=1S/C22H24F3NO3S2/c1-2-28-21(27)16-5-3-14(4-6-16)12-26-20(30)19-11-17(13-31-19)15-7-9-18(10-8-15)29-22(23,24)25/h7-11,13-14,16H,2-6,12H2,1H3,(H,26,30)/t14-,16-. The fraction of sp³-hybridized carbons (Fsp3) is 0.455. The number of carbonyl (C=O) groups excluding carboxylic acids is 1. The number of carbonyl (C=O) groups is 1. The summed E-state index contributed by atoms with van der Waals surface area (Å²) in [6.45, 7) is 3.00. The van der Waals surface area contributed by atoms with Crippen LogP contribution in [0.5, 0.6) is 5.75 Å². The van der Waals surface area contributed by atoms with Gasteiger partial charge in [0.1, 0.15) is 10.7 Å². The summed E-state index contributed by atoms with van der Waals surface area (Å²) in [7, 11) is 0. The number of ether oxygens (including phenoxy) is 2. The minimum absolute atomic E-state index is 0.0101. The summed E-state index contributed by atoms with van der Waals surface area (Å²) >= 11 is 7.00. The van der Waals surface area contributed by atoms with E-state index in [4.69, 9.17) is 17.0 Å². The van der Waals surface area contributed by atoms with Crippen LogP contribution in [-0.2, 0) is 9.53 Å². The molecule has 0 unspecified atom stereocenters. The van der Waals surface area contributed by atoms with Crippen LogP contribution in [0.1, 0.15) is 37.5 Å². The van der Waals surface area contributed by atoms with Gasteiger partial charge in [0.15, 0.2) is 0 Å². The molecule has 168 valence electrons. The molecule has 1 heterocycles. The second-order valence-corrected chi connectivity index (χ2v) is 8.77. The van der Waals surface area contributed by atoms with E-state index in [1.165, 1.54) is 23.5 Å². The van der Waals surface area contributed by atoms with Gasteiger partial charge in [-0.05, 0) is 73.2 Å². The molecule has 0 radical (unpaired) electrons. The Morgan fingerprint density at radius 1 is 1.16 bits per heavy atom. The van der Waals surface area contributed by atoms with E-state index in [0.29, 0.717) is 17.5 Å². The van der Waals surface area contributed by atoms with Gasteiger partial charge in [-0.2, -0.15) is 0 Å². The fourth-order valence-corrected chi connectivity index (χ4v) is 4.76. The molecule has 1 aliphatic rings. The number of esters is 1. The Morgan fingerprint density at radius 3 is 2.45 bits per heavy atom. The summed E-state index contributed by atoms with van der Waals surface area (Å²) in [5, 5.41) is 5.24. The Labute approximate surface area is 188 Å². The van der Waals surface area contributed by atoms with Crippen molar-refractivity contribution >= 4 is 34.5 Å². The Balaban J connectivity index is 1.49. The molecule has 0 atom stereocenters. The molecule has 1 aromatic heterocycles. The van der Waals surface area contributed by atoms with Crippen LogP contribution in [0.25, 0.3) is 11.1 Å². The maximum absolute atomic E-state index is 12.3. The molecule has 1 fully saturated rings. The van der Waals surface area contributed by atoms with Crippen molar-refractivity contribution in [1.82, 2.24) is 5.32 Å². The van der Waals surface area contributed by atoms with Crippen molar-refractivity contribution in [3.63, 3.8) is 0 Å². The normalized spacial score (nSPS) is 19.0. The monoisotopic (exact) mass is 471 g/mol. The second kappa shape index (κ2) is 10.5. The van der Waals surface area contributed by atoms with Gasteiger partial charge in [-0.3, -0.25) is 4.79 Å². The average Bonchev–Trinajstić information content (AvgIpc) is 3.22. The predicted molar refractivity (Wildman–Crippen MR) is 118 cm³/mol. The van der Waals surface area contributed by atoms with Crippen molar-refractivity contribution in [1.29, 1.82) is 0 Å². The third-order valence-corrected chi connectivity index (χ3v) is 6.70. The molecule has 1 aromatic carbocycles. The minimum atomic E-state index is -4.70. The van der Waals surface area contributed by atoms with E-state index >= 15 is 0 Å². The first-order valence-electron chi connectivity index (χ1n) is 10.1. The molecule has 0 bridgehead atoms. The molecular weight excluding hydrogens is 447 g/mol. The largest absolute Gasteiger partial charge is 0.573 e. The number of hydrogen-bond donors (Lipinski definition) is 1. The van der Waals surface area contributed by atoms with E-state index in [9.17, 15) is 18.0 Å². The lowest BCUT2D eigenvalue weighted by Gasteiger charge is -2.27. The average molecular weight is 472 g/mol. The molecule has 9 heteroatoms. The van der Waals surface area contributed by atoms with Crippen LogP contribution in [0, 0.1) is 11.8 Å². The zero-order valence-corrected chi connectivity index (χ0v) is 18.7. The van der Waals surface area contributed by atoms with Gasteiger partial charge in [0.25, 0.3) is 0 Å². The summed E-state index contributed by atoms with van der Waals surface area (Å²) < 4.78 is 45.9. The van der Waals surface area contributed by atoms with E-state index in [-0.39, 0.29) is 17.6 Å². The second-order valence-electron chi connectivity index (χ2n) is 7.45. The highest BCUT2D eigenvalue weighted by Crippen LogP contribution is 2.31. The summed E-state index contributed by atoms with van der Waals surface area (Å²) in [4.78, 5) is 13.4. The number of alkyl halides is 3. The lowest BCUT2D eigenvalue weighted by molar-refractivity contribution is -0.274. The predicted octanol–water partition coefficient (Wildman–Crippen LogP) is 5.95. The molecular formula is C22H24F3NO3S2. The van der Waals surface area contributed by atoms with Crippen LogP contribution in [0.15, 0.2) is 35.7 Å². The first-order valence-corrected chi connectivity index (χ1v) is 11.4. The topological polar surface area (TPSA) is 47.6 Å². The molecule has 1 saturated carbocycles. The zero-order chi connectivity index (χ0) is 22.4. The number of thiocarbonyl (C=S) groups is 1. The number of rotatable bonds is 7. The zero-order valence-electron chi connectivity index (χ0n) is 17.0. The molecule has 0 aliphatic heterocycles. The highest BCUT2D eigenvalue weighted by molar-refractivity contribution is 7.81. The summed E-state index contributed by atoms with van der Waals surface area (Å²) in [5.41, 5.74) is 1.68. The molecule has 1 N–H and O–H groups in total. The molecule has 0 saturated heterocycles. The van der Waals surface area contributed by atoms with Gasteiger partial charge in [0.2, 0.25) is 0 Å². The quantitative estimate of drug-likeness (QED) is 0.400.